The third-order valence-electron chi connectivity index (χ3n) is 6.91. The monoisotopic (exact) mass is 586 g/mol. The van der Waals surface area contributed by atoms with Gasteiger partial charge in [0.05, 0.1) is 22.6 Å². The van der Waals surface area contributed by atoms with Gasteiger partial charge in [-0.15, -0.1) is 0 Å². The molecule has 0 amide bonds. The number of aromatic amines is 1. The van der Waals surface area contributed by atoms with Gasteiger partial charge in [0.15, 0.2) is 5.78 Å². The summed E-state index contributed by atoms with van der Waals surface area (Å²) in [5.74, 6) is -1.05. The van der Waals surface area contributed by atoms with E-state index in [1.807, 2.05) is 91.1 Å². The van der Waals surface area contributed by atoms with E-state index >= 15 is 0 Å². The number of hydrogen-bond acceptors (Lipinski definition) is 8. The summed E-state index contributed by atoms with van der Waals surface area (Å²) >= 11 is 0. The zero-order valence-corrected chi connectivity index (χ0v) is 24.7. The Hall–Kier alpha value is -5.83. The van der Waals surface area contributed by atoms with Crippen molar-refractivity contribution in [2.45, 2.75) is 27.7 Å². The zero-order chi connectivity index (χ0) is 31.2. The first-order valence-corrected chi connectivity index (χ1v) is 13.9. The number of nitrogens with zero attached hydrogens (tertiary/aromatic N) is 3. The molecule has 9 nitrogen and oxygen atoms in total. The highest BCUT2D eigenvalue weighted by atomic mass is 16.7. The summed E-state index contributed by atoms with van der Waals surface area (Å²) in [5, 5.41) is 8.78. The van der Waals surface area contributed by atoms with Gasteiger partial charge in [0.25, 0.3) is 0 Å². The first kappa shape index (κ1) is 29.7. The molecule has 44 heavy (non-hydrogen) atoms. The molecule has 1 aromatic heterocycles. The smallest absolute Gasteiger partial charge is 0.331 e. The number of rotatable bonds is 9. The molecule has 0 unspecified atom stereocenters. The lowest BCUT2D eigenvalue weighted by atomic mass is 10.0. The van der Waals surface area contributed by atoms with Crippen molar-refractivity contribution in [1.82, 2.24) is 4.98 Å². The molecule has 0 aliphatic rings. The van der Waals surface area contributed by atoms with E-state index in [1.165, 1.54) is 13.8 Å². The van der Waals surface area contributed by atoms with E-state index in [-0.39, 0.29) is 5.78 Å². The minimum Gasteiger partial charge on any atom is -0.359 e. The number of hydrogen-bond donors (Lipinski definition) is 1. The van der Waals surface area contributed by atoms with E-state index in [4.69, 9.17) is 9.68 Å². The van der Waals surface area contributed by atoms with Crippen molar-refractivity contribution in [3.63, 3.8) is 0 Å². The summed E-state index contributed by atoms with van der Waals surface area (Å²) < 4.78 is 0. The third kappa shape index (κ3) is 6.47. The maximum Gasteiger partial charge on any atom is 0.331 e. The van der Waals surface area contributed by atoms with Gasteiger partial charge in [-0.3, -0.25) is 4.79 Å². The summed E-state index contributed by atoms with van der Waals surface area (Å²) in [6, 6.07) is 30.1. The van der Waals surface area contributed by atoms with Gasteiger partial charge < -0.3 is 19.6 Å². The van der Waals surface area contributed by atoms with Crippen molar-refractivity contribution >= 4 is 57.1 Å². The third-order valence-corrected chi connectivity index (χ3v) is 6.91. The minimum absolute atomic E-state index is 0.0603. The molecule has 0 atom stereocenters. The minimum atomic E-state index is -0.499. The number of aromatic nitrogens is 1. The number of ketones is 1. The second kappa shape index (κ2) is 13.0. The molecule has 0 fully saturated rings. The van der Waals surface area contributed by atoms with E-state index in [0.717, 1.165) is 39.1 Å². The molecule has 0 radical (unpaired) electrons. The van der Waals surface area contributed by atoms with Gasteiger partial charge in [0.1, 0.15) is 0 Å². The SMILES string of the molecule is CC(=O)O/N=C(/C)c1ccc(N(c2ccc(C(=O)c3ccccc3)cc2)c2c[nH]c3c(/C(C)=N\OC(C)=O)cccc23)cc1. The van der Waals surface area contributed by atoms with Crippen molar-refractivity contribution in [3.8, 4) is 0 Å². The van der Waals surface area contributed by atoms with Crippen molar-refractivity contribution in [1.29, 1.82) is 0 Å². The molecule has 0 bridgehead atoms. The van der Waals surface area contributed by atoms with Crippen LogP contribution in [0.4, 0.5) is 17.1 Å². The maximum atomic E-state index is 13.1. The van der Waals surface area contributed by atoms with Crippen LogP contribution in [0, 0.1) is 0 Å². The number of nitrogens with one attached hydrogen (secondary N) is 1. The first-order valence-electron chi connectivity index (χ1n) is 13.9. The molecular weight excluding hydrogens is 556 g/mol. The van der Waals surface area contributed by atoms with Crippen LogP contribution in [0.1, 0.15) is 54.7 Å². The Morgan fingerprint density at radius 2 is 1.16 bits per heavy atom. The van der Waals surface area contributed by atoms with Crippen LogP contribution in [0.15, 0.2) is 114 Å². The van der Waals surface area contributed by atoms with Gasteiger partial charge in [-0.1, -0.05) is 71.0 Å². The van der Waals surface area contributed by atoms with Crippen LogP contribution in [-0.2, 0) is 19.3 Å². The molecule has 220 valence electrons. The van der Waals surface area contributed by atoms with Gasteiger partial charge >= 0.3 is 11.9 Å². The van der Waals surface area contributed by atoms with Crippen LogP contribution >= 0.6 is 0 Å². The van der Waals surface area contributed by atoms with Crippen molar-refractivity contribution in [2.24, 2.45) is 10.3 Å². The number of anilines is 3. The molecule has 0 saturated heterocycles. The number of carbonyl (C=O) groups excluding carboxylic acids is 3. The molecule has 4 aromatic carbocycles. The highest BCUT2D eigenvalue weighted by Gasteiger charge is 2.20. The lowest BCUT2D eigenvalue weighted by Gasteiger charge is -2.25. The zero-order valence-electron chi connectivity index (χ0n) is 24.7. The Kier molecular flexibility index (Phi) is 8.76. The highest BCUT2D eigenvalue weighted by Crippen LogP contribution is 2.40. The van der Waals surface area contributed by atoms with Gasteiger partial charge in [-0.05, 0) is 55.8 Å². The number of fused-ring (bicyclic) bond motifs is 1. The fourth-order valence-electron chi connectivity index (χ4n) is 4.79. The number of H-pyrrole nitrogens is 1. The molecular formula is C35H30N4O5. The summed E-state index contributed by atoms with van der Waals surface area (Å²) in [7, 11) is 0. The Balaban J connectivity index is 1.59. The Morgan fingerprint density at radius 3 is 1.75 bits per heavy atom. The number of carbonyl (C=O) groups is 3. The first-order chi connectivity index (χ1) is 21.2. The number of oxime groups is 2. The predicted molar refractivity (Wildman–Crippen MR) is 171 cm³/mol. The molecule has 0 saturated carbocycles. The average Bonchev–Trinajstić information content (AvgIpc) is 3.47. The van der Waals surface area contributed by atoms with E-state index in [9.17, 15) is 14.4 Å². The number of para-hydroxylation sites is 1. The maximum absolute atomic E-state index is 13.1. The lowest BCUT2D eigenvalue weighted by Crippen LogP contribution is -2.11. The summed E-state index contributed by atoms with van der Waals surface area (Å²) in [6.07, 6.45) is 1.90. The van der Waals surface area contributed by atoms with E-state index in [0.29, 0.717) is 22.6 Å². The fourth-order valence-corrected chi connectivity index (χ4v) is 4.79. The Morgan fingerprint density at radius 1 is 0.614 bits per heavy atom. The summed E-state index contributed by atoms with van der Waals surface area (Å²) in [6.45, 7) is 6.14. The van der Waals surface area contributed by atoms with Gasteiger partial charge in [0, 0.05) is 53.5 Å². The van der Waals surface area contributed by atoms with Crippen LogP contribution in [0.2, 0.25) is 0 Å². The van der Waals surface area contributed by atoms with Gasteiger partial charge in [-0.25, -0.2) is 9.59 Å². The van der Waals surface area contributed by atoms with Crippen molar-refractivity contribution < 1.29 is 24.1 Å². The molecule has 0 spiro atoms. The molecule has 9 heteroatoms. The highest BCUT2D eigenvalue weighted by molar-refractivity contribution is 6.12. The molecule has 0 aliphatic heterocycles. The predicted octanol–water partition coefficient (Wildman–Crippen LogP) is 7.44. The van der Waals surface area contributed by atoms with Crippen LogP contribution in [0.3, 0.4) is 0 Å². The molecule has 5 rings (SSSR count). The van der Waals surface area contributed by atoms with Crippen LogP contribution < -0.4 is 4.90 Å². The van der Waals surface area contributed by atoms with E-state index < -0.39 is 11.9 Å². The summed E-state index contributed by atoms with van der Waals surface area (Å²) in [5.41, 5.74) is 7.20. The van der Waals surface area contributed by atoms with Gasteiger partial charge in [0.2, 0.25) is 0 Å². The van der Waals surface area contributed by atoms with E-state index in [1.54, 1.807) is 26.0 Å². The second-order valence-corrected chi connectivity index (χ2v) is 10.0. The quantitative estimate of drug-likeness (QED) is 0.0831. The second-order valence-electron chi connectivity index (χ2n) is 10.0. The lowest BCUT2D eigenvalue weighted by molar-refractivity contribution is -0.141. The topological polar surface area (TPSA) is 113 Å². The Bertz CT molecular complexity index is 1890. The number of benzene rings is 4. The summed E-state index contributed by atoms with van der Waals surface area (Å²) in [4.78, 5) is 50.8. The normalized spacial score (nSPS) is 11.7. The Labute approximate surface area is 254 Å². The van der Waals surface area contributed by atoms with Crippen molar-refractivity contribution in [2.75, 3.05) is 4.90 Å². The molecule has 0 aliphatic carbocycles. The molecule has 5 aromatic rings. The van der Waals surface area contributed by atoms with E-state index in [2.05, 4.69) is 20.2 Å². The van der Waals surface area contributed by atoms with Crippen LogP contribution in [0.25, 0.3) is 10.9 Å². The average molecular weight is 587 g/mol. The molecule has 1 N–H and O–H groups in total. The standard InChI is InChI=1S/C35H30N4O5/c1-22(37-43-24(3)40)26-13-17-29(18-14-26)39(30-19-15-28(16-20-30)35(42)27-9-6-5-7-10-27)33-21-36-34-31(11-8-12-32(33)34)23(2)38-44-25(4)41/h5-21,36H,1-4H3/b37-22-,38-23-. The molecule has 1 heterocycles. The van der Waals surface area contributed by atoms with Crippen LogP contribution in [0.5, 0.6) is 0 Å². The fraction of sp³-hybridized carbons (Fsp3) is 0.114. The van der Waals surface area contributed by atoms with Crippen LogP contribution in [-0.4, -0.2) is 34.1 Å². The largest absolute Gasteiger partial charge is 0.359 e. The van der Waals surface area contributed by atoms with Crippen molar-refractivity contribution in [3.05, 3.63) is 126 Å². The van der Waals surface area contributed by atoms with Gasteiger partial charge in [-0.2, -0.15) is 0 Å².